The molecule has 1 aromatic rings. The highest BCUT2D eigenvalue weighted by Gasteiger charge is 2.37. The van der Waals surface area contributed by atoms with E-state index in [1.54, 1.807) is 7.11 Å². The predicted molar refractivity (Wildman–Crippen MR) is 65.9 cm³/mol. The molecule has 16 heavy (non-hydrogen) atoms. The van der Waals surface area contributed by atoms with E-state index in [0.29, 0.717) is 5.92 Å². The first-order chi connectivity index (χ1) is 7.54. The molecule has 0 radical (unpaired) electrons. The Bertz CT molecular complexity index is 388. The van der Waals surface area contributed by atoms with Crippen LogP contribution in [0.3, 0.4) is 0 Å². The maximum atomic E-state index is 6.31. The van der Waals surface area contributed by atoms with Crippen LogP contribution in [0.4, 0.5) is 0 Å². The predicted octanol–water partition coefficient (Wildman–Crippen LogP) is 1.41. The number of rotatable bonds is 2. The molecule has 3 N–H and O–H groups in total. The summed E-state index contributed by atoms with van der Waals surface area (Å²) in [7, 11) is 1.71. The van der Waals surface area contributed by atoms with Crippen molar-refractivity contribution in [1.29, 1.82) is 0 Å². The van der Waals surface area contributed by atoms with Crippen molar-refractivity contribution >= 4 is 0 Å². The molecule has 1 saturated heterocycles. The zero-order valence-electron chi connectivity index (χ0n) is 10.2. The van der Waals surface area contributed by atoms with Gasteiger partial charge in [-0.25, -0.2) is 0 Å². The summed E-state index contributed by atoms with van der Waals surface area (Å²) in [6.45, 7) is 5.97. The molecule has 1 fully saturated rings. The first-order valence-corrected chi connectivity index (χ1v) is 5.69. The second kappa shape index (κ2) is 4.07. The van der Waals surface area contributed by atoms with Crippen molar-refractivity contribution in [1.82, 2.24) is 5.32 Å². The van der Waals surface area contributed by atoms with Crippen LogP contribution in [0.5, 0.6) is 5.75 Å². The van der Waals surface area contributed by atoms with Gasteiger partial charge in [-0.3, -0.25) is 0 Å². The largest absolute Gasteiger partial charge is 0.496 e. The van der Waals surface area contributed by atoms with Crippen LogP contribution < -0.4 is 15.8 Å². The second-order valence-corrected chi connectivity index (χ2v) is 4.93. The zero-order chi connectivity index (χ0) is 11.8. The minimum Gasteiger partial charge on any atom is -0.496 e. The number of hydrogen-bond donors (Lipinski definition) is 2. The standard InChI is InChI=1S/C13H20N2O/c1-9-4-5-12(16-3)10(6-9)11-7-15-8-13(11,2)14/h4-6,11,15H,7-8,14H2,1-3H3/t11-,13+/m0/s1. The lowest BCUT2D eigenvalue weighted by molar-refractivity contribution is 0.392. The molecule has 1 aliphatic rings. The molecule has 1 aromatic carbocycles. The maximum Gasteiger partial charge on any atom is 0.122 e. The molecule has 0 aliphatic carbocycles. The van der Waals surface area contributed by atoms with E-state index >= 15 is 0 Å². The Kier molecular flexibility index (Phi) is 2.91. The Labute approximate surface area is 97.0 Å². The van der Waals surface area contributed by atoms with Crippen molar-refractivity contribution in [3.8, 4) is 5.75 Å². The van der Waals surface area contributed by atoms with Crippen LogP contribution in [-0.2, 0) is 0 Å². The second-order valence-electron chi connectivity index (χ2n) is 4.93. The van der Waals surface area contributed by atoms with Crippen molar-refractivity contribution in [3.63, 3.8) is 0 Å². The summed E-state index contributed by atoms with van der Waals surface area (Å²) in [4.78, 5) is 0. The molecule has 0 spiro atoms. The Balaban J connectivity index is 2.42. The highest BCUT2D eigenvalue weighted by Crippen LogP contribution is 2.35. The maximum absolute atomic E-state index is 6.31. The van der Waals surface area contributed by atoms with Crippen LogP contribution in [0.1, 0.15) is 24.0 Å². The first-order valence-electron chi connectivity index (χ1n) is 5.69. The Morgan fingerprint density at radius 2 is 2.25 bits per heavy atom. The summed E-state index contributed by atoms with van der Waals surface area (Å²) >= 11 is 0. The van der Waals surface area contributed by atoms with Gasteiger partial charge < -0.3 is 15.8 Å². The highest BCUT2D eigenvalue weighted by molar-refractivity contribution is 5.42. The molecule has 2 rings (SSSR count). The van der Waals surface area contributed by atoms with Crippen LogP contribution in [0.15, 0.2) is 18.2 Å². The van der Waals surface area contributed by atoms with Crippen LogP contribution in [0.25, 0.3) is 0 Å². The Hall–Kier alpha value is -1.06. The fourth-order valence-corrected chi connectivity index (χ4v) is 2.43. The summed E-state index contributed by atoms with van der Waals surface area (Å²) in [5.41, 5.74) is 8.58. The van der Waals surface area contributed by atoms with Gasteiger partial charge in [0.05, 0.1) is 7.11 Å². The third kappa shape index (κ3) is 1.93. The van der Waals surface area contributed by atoms with Gasteiger partial charge in [0.1, 0.15) is 5.75 Å². The van der Waals surface area contributed by atoms with E-state index in [0.717, 1.165) is 18.8 Å². The number of benzene rings is 1. The van der Waals surface area contributed by atoms with E-state index in [1.165, 1.54) is 11.1 Å². The summed E-state index contributed by atoms with van der Waals surface area (Å²) in [6, 6.07) is 6.28. The number of hydrogen-bond acceptors (Lipinski definition) is 3. The summed E-state index contributed by atoms with van der Waals surface area (Å²) in [5.74, 6) is 1.26. The molecule has 0 amide bonds. The normalized spacial score (nSPS) is 29.4. The molecular formula is C13H20N2O. The highest BCUT2D eigenvalue weighted by atomic mass is 16.5. The van der Waals surface area contributed by atoms with Gasteiger partial charge in [0.15, 0.2) is 0 Å². The van der Waals surface area contributed by atoms with E-state index in [2.05, 4.69) is 31.3 Å². The molecule has 0 aromatic heterocycles. The average molecular weight is 220 g/mol. The van der Waals surface area contributed by atoms with Crippen LogP contribution in [0, 0.1) is 6.92 Å². The molecule has 1 heterocycles. The summed E-state index contributed by atoms with van der Waals surface area (Å²) < 4.78 is 5.42. The molecule has 0 unspecified atom stereocenters. The van der Waals surface area contributed by atoms with Gasteiger partial charge in [-0.1, -0.05) is 17.7 Å². The van der Waals surface area contributed by atoms with E-state index in [1.807, 2.05) is 6.07 Å². The Morgan fingerprint density at radius 3 is 2.81 bits per heavy atom. The lowest BCUT2D eigenvalue weighted by atomic mass is 9.83. The smallest absolute Gasteiger partial charge is 0.122 e. The fraction of sp³-hybridized carbons (Fsp3) is 0.538. The molecule has 0 saturated carbocycles. The molecule has 1 aliphatic heterocycles. The lowest BCUT2D eigenvalue weighted by Crippen LogP contribution is -2.43. The quantitative estimate of drug-likeness (QED) is 0.792. The van der Waals surface area contributed by atoms with Crippen molar-refractivity contribution in [2.24, 2.45) is 5.73 Å². The first kappa shape index (κ1) is 11.4. The van der Waals surface area contributed by atoms with Crippen LogP contribution in [0.2, 0.25) is 0 Å². The van der Waals surface area contributed by atoms with Crippen molar-refractivity contribution < 1.29 is 4.74 Å². The summed E-state index contributed by atoms with van der Waals surface area (Å²) in [6.07, 6.45) is 0. The number of nitrogens with one attached hydrogen (secondary N) is 1. The third-order valence-electron chi connectivity index (χ3n) is 3.41. The molecule has 3 heteroatoms. The number of ether oxygens (including phenoxy) is 1. The summed E-state index contributed by atoms with van der Waals surface area (Å²) in [5, 5.41) is 3.35. The fourth-order valence-electron chi connectivity index (χ4n) is 2.43. The molecule has 0 bridgehead atoms. The van der Waals surface area contributed by atoms with Crippen LogP contribution >= 0.6 is 0 Å². The molecule has 3 nitrogen and oxygen atoms in total. The van der Waals surface area contributed by atoms with E-state index in [9.17, 15) is 0 Å². The van der Waals surface area contributed by atoms with E-state index in [-0.39, 0.29) is 5.54 Å². The average Bonchev–Trinajstić information content (AvgIpc) is 2.58. The van der Waals surface area contributed by atoms with Crippen molar-refractivity contribution in [2.75, 3.05) is 20.2 Å². The lowest BCUT2D eigenvalue weighted by Gasteiger charge is -2.27. The number of nitrogens with two attached hydrogens (primary N) is 1. The van der Waals surface area contributed by atoms with Gasteiger partial charge in [-0.05, 0) is 19.9 Å². The zero-order valence-corrected chi connectivity index (χ0v) is 10.2. The Morgan fingerprint density at radius 1 is 1.50 bits per heavy atom. The van der Waals surface area contributed by atoms with Gasteiger partial charge in [0.2, 0.25) is 0 Å². The third-order valence-corrected chi connectivity index (χ3v) is 3.41. The van der Waals surface area contributed by atoms with Crippen LogP contribution in [-0.4, -0.2) is 25.7 Å². The van der Waals surface area contributed by atoms with E-state index in [4.69, 9.17) is 10.5 Å². The van der Waals surface area contributed by atoms with Crippen molar-refractivity contribution in [2.45, 2.75) is 25.3 Å². The molecule has 88 valence electrons. The topological polar surface area (TPSA) is 47.3 Å². The SMILES string of the molecule is COc1ccc(C)cc1[C@@H]1CNC[C@@]1(C)N. The van der Waals surface area contributed by atoms with Gasteiger partial charge in [-0.2, -0.15) is 0 Å². The monoisotopic (exact) mass is 220 g/mol. The van der Waals surface area contributed by atoms with Gasteiger partial charge >= 0.3 is 0 Å². The van der Waals surface area contributed by atoms with Gasteiger partial charge in [-0.15, -0.1) is 0 Å². The van der Waals surface area contributed by atoms with E-state index < -0.39 is 0 Å². The van der Waals surface area contributed by atoms with Crippen molar-refractivity contribution in [3.05, 3.63) is 29.3 Å². The van der Waals surface area contributed by atoms with Gasteiger partial charge in [0, 0.05) is 30.1 Å². The number of methoxy groups -OCH3 is 1. The molecular weight excluding hydrogens is 200 g/mol. The number of aryl methyl sites for hydroxylation is 1. The minimum atomic E-state index is -0.193. The van der Waals surface area contributed by atoms with Gasteiger partial charge in [0.25, 0.3) is 0 Å². The molecule has 2 atom stereocenters. The minimum absolute atomic E-state index is 0.193.